The van der Waals surface area contributed by atoms with E-state index in [4.69, 9.17) is 0 Å². The van der Waals surface area contributed by atoms with Crippen molar-refractivity contribution in [1.29, 1.82) is 0 Å². The van der Waals surface area contributed by atoms with Gasteiger partial charge >= 0.3 is 13.2 Å². The molecule has 7 heteroatoms. The van der Waals surface area contributed by atoms with Crippen molar-refractivity contribution in [3.63, 3.8) is 0 Å². The maximum absolute atomic E-state index is 10.9. The molecule has 0 aliphatic carbocycles. The number of halogens is 4. The summed E-state index contributed by atoms with van der Waals surface area (Å²) in [6.07, 6.45) is 0. The van der Waals surface area contributed by atoms with Crippen molar-refractivity contribution < 1.29 is 27.2 Å². The van der Waals surface area contributed by atoms with Gasteiger partial charge in [0.25, 0.3) is 0 Å². The van der Waals surface area contributed by atoms with Gasteiger partial charge in [0.1, 0.15) is 0 Å². The van der Waals surface area contributed by atoms with Crippen molar-refractivity contribution in [3.8, 4) is 0 Å². The molecular weight excluding hydrogens is 146 g/mol. The Morgan fingerprint density at radius 2 is 1.22 bits per heavy atom. The van der Waals surface area contributed by atoms with Crippen molar-refractivity contribution in [1.82, 2.24) is 5.64 Å². The first-order valence-corrected chi connectivity index (χ1v) is 1.75. The quantitative estimate of drug-likeness (QED) is 0.475. The lowest BCUT2D eigenvalue weighted by Crippen LogP contribution is -2.21. The second kappa shape index (κ2) is 4.48. The molecule has 3 nitrogen and oxygen atoms in total. The third-order valence-electron chi connectivity index (χ3n) is 0.274. The fourth-order valence-electron chi connectivity index (χ4n) is 0.101. The van der Waals surface area contributed by atoms with Crippen LogP contribution in [0.15, 0.2) is 0 Å². The van der Waals surface area contributed by atoms with Gasteiger partial charge in [-0.25, -0.2) is 9.68 Å². The third-order valence-corrected chi connectivity index (χ3v) is 0.274. The highest BCUT2D eigenvalue weighted by molar-refractivity contribution is 3.99. The van der Waals surface area contributed by atoms with Crippen molar-refractivity contribution in [2.75, 3.05) is 0 Å². The SMILES string of the molecule is FC(F)ONOC(F)F. The van der Waals surface area contributed by atoms with Crippen LogP contribution in [0.25, 0.3) is 0 Å². The Morgan fingerprint density at radius 3 is 1.44 bits per heavy atom. The smallest absolute Gasteiger partial charge is 0.209 e. The number of rotatable bonds is 4. The summed E-state index contributed by atoms with van der Waals surface area (Å²) in [6.45, 7) is -6.35. The number of hydrogen-bond donors (Lipinski definition) is 1. The van der Waals surface area contributed by atoms with E-state index in [1.807, 2.05) is 0 Å². The summed E-state index contributed by atoms with van der Waals surface area (Å²) in [5.74, 6) is 0. The highest BCUT2D eigenvalue weighted by atomic mass is 19.3. The van der Waals surface area contributed by atoms with Crippen LogP contribution in [0.4, 0.5) is 17.6 Å². The first-order valence-electron chi connectivity index (χ1n) is 1.75. The first-order chi connectivity index (χ1) is 4.13. The largest absolute Gasteiger partial charge is 0.362 e. The Labute approximate surface area is 47.5 Å². The zero-order valence-electron chi connectivity index (χ0n) is 3.98. The maximum atomic E-state index is 10.9. The van der Waals surface area contributed by atoms with Crippen LogP contribution in [-0.2, 0) is 9.68 Å². The fourth-order valence-corrected chi connectivity index (χ4v) is 0.101. The minimum Gasteiger partial charge on any atom is -0.209 e. The van der Waals surface area contributed by atoms with Crippen molar-refractivity contribution in [2.45, 2.75) is 13.2 Å². The third kappa shape index (κ3) is 7.60. The summed E-state index contributed by atoms with van der Waals surface area (Å²) in [4.78, 5) is 6.13. The van der Waals surface area contributed by atoms with E-state index in [9.17, 15) is 17.6 Å². The van der Waals surface area contributed by atoms with E-state index in [2.05, 4.69) is 9.68 Å². The van der Waals surface area contributed by atoms with E-state index in [1.165, 1.54) is 0 Å². The summed E-state index contributed by atoms with van der Waals surface area (Å²) in [5.41, 5.74) is 0.884. The molecule has 0 radical (unpaired) electrons. The molecule has 0 heterocycles. The molecular formula is C2H3F4NO2. The van der Waals surface area contributed by atoms with Gasteiger partial charge in [-0.3, -0.25) is 0 Å². The Morgan fingerprint density at radius 1 is 0.889 bits per heavy atom. The van der Waals surface area contributed by atoms with E-state index < -0.39 is 13.2 Å². The van der Waals surface area contributed by atoms with E-state index in [-0.39, 0.29) is 0 Å². The first kappa shape index (κ1) is 8.60. The van der Waals surface area contributed by atoms with Crippen LogP contribution in [-0.4, -0.2) is 13.2 Å². The monoisotopic (exact) mass is 149 g/mol. The lowest BCUT2D eigenvalue weighted by molar-refractivity contribution is -0.320. The van der Waals surface area contributed by atoms with E-state index in [1.54, 1.807) is 0 Å². The molecule has 0 spiro atoms. The average Bonchev–Trinajstić information content (AvgIpc) is 1.63. The molecule has 0 saturated carbocycles. The number of hydrogen-bond acceptors (Lipinski definition) is 3. The molecule has 1 N–H and O–H groups in total. The van der Waals surface area contributed by atoms with Crippen molar-refractivity contribution in [3.05, 3.63) is 0 Å². The lowest BCUT2D eigenvalue weighted by atomic mass is 11.5. The summed E-state index contributed by atoms with van der Waals surface area (Å²) >= 11 is 0. The zero-order valence-corrected chi connectivity index (χ0v) is 3.98. The van der Waals surface area contributed by atoms with Gasteiger partial charge < -0.3 is 0 Å². The highest BCUT2D eigenvalue weighted by Gasteiger charge is 2.04. The minimum atomic E-state index is -3.18. The van der Waals surface area contributed by atoms with Crippen molar-refractivity contribution in [2.24, 2.45) is 0 Å². The van der Waals surface area contributed by atoms with Gasteiger partial charge in [-0.1, -0.05) is 5.64 Å². The second-order valence-corrected chi connectivity index (χ2v) is 0.840. The molecule has 0 unspecified atom stereocenters. The van der Waals surface area contributed by atoms with E-state index in [0.717, 1.165) is 5.64 Å². The topological polar surface area (TPSA) is 30.5 Å². The fraction of sp³-hybridized carbons (Fsp3) is 1.00. The number of nitrogens with one attached hydrogen (secondary N) is 1. The maximum Gasteiger partial charge on any atom is 0.362 e. The summed E-state index contributed by atoms with van der Waals surface area (Å²) in [7, 11) is 0. The molecule has 0 aromatic rings. The van der Waals surface area contributed by atoms with Crippen molar-refractivity contribution >= 4 is 0 Å². The summed E-state index contributed by atoms with van der Waals surface area (Å²) < 4.78 is 43.5. The molecule has 0 aliphatic heterocycles. The van der Waals surface area contributed by atoms with Gasteiger partial charge in [0, 0.05) is 0 Å². The molecule has 56 valence electrons. The summed E-state index contributed by atoms with van der Waals surface area (Å²) in [5, 5.41) is 0. The predicted molar refractivity (Wildman–Crippen MR) is 17.3 cm³/mol. The van der Waals surface area contributed by atoms with Gasteiger partial charge in [-0.15, -0.1) is 0 Å². The van der Waals surface area contributed by atoms with Crippen LogP contribution in [0.1, 0.15) is 0 Å². The van der Waals surface area contributed by atoms with Crippen LogP contribution in [0, 0.1) is 0 Å². The molecule has 0 fully saturated rings. The standard InChI is InChI=1S/C2H3F4NO2/c3-1(4)8-7-9-2(5)6/h1-2,7H. The molecule has 0 atom stereocenters. The van der Waals surface area contributed by atoms with Gasteiger partial charge in [-0.05, 0) is 0 Å². The molecule has 0 aromatic heterocycles. The van der Waals surface area contributed by atoms with Gasteiger partial charge in [0.2, 0.25) is 0 Å². The lowest BCUT2D eigenvalue weighted by Gasteiger charge is -2.01. The van der Waals surface area contributed by atoms with Crippen LogP contribution in [0.3, 0.4) is 0 Å². The Kier molecular flexibility index (Phi) is 4.28. The van der Waals surface area contributed by atoms with Crippen LogP contribution in [0.2, 0.25) is 0 Å². The molecule has 0 saturated heterocycles. The Hall–Kier alpha value is -0.400. The van der Waals surface area contributed by atoms with Gasteiger partial charge in [0.05, 0.1) is 0 Å². The zero-order chi connectivity index (χ0) is 7.28. The van der Waals surface area contributed by atoms with Gasteiger partial charge in [-0.2, -0.15) is 17.6 Å². The highest BCUT2D eigenvalue weighted by Crippen LogP contribution is 1.93. The Balaban J connectivity index is 2.91. The second-order valence-electron chi connectivity index (χ2n) is 0.840. The van der Waals surface area contributed by atoms with E-state index in [0.29, 0.717) is 0 Å². The van der Waals surface area contributed by atoms with Crippen LogP contribution < -0.4 is 5.64 Å². The van der Waals surface area contributed by atoms with E-state index >= 15 is 0 Å². The molecule has 9 heavy (non-hydrogen) atoms. The van der Waals surface area contributed by atoms with Crippen LogP contribution >= 0.6 is 0 Å². The predicted octanol–water partition coefficient (Wildman–Crippen LogP) is 0.884. The number of alkyl halides is 4. The molecule has 0 aromatic carbocycles. The molecule has 0 bridgehead atoms. The molecule has 0 rings (SSSR count). The normalized spacial score (nSPS) is 11.3. The Bertz CT molecular complexity index is 61.6. The van der Waals surface area contributed by atoms with Gasteiger partial charge in [0.15, 0.2) is 0 Å². The average molecular weight is 149 g/mol. The molecule has 0 aliphatic rings. The van der Waals surface area contributed by atoms with Crippen LogP contribution in [0.5, 0.6) is 0 Å². The molecule has 0 amide bonds. The summed E-state index contributed by atoms with van der Waals surface area (Å²) in [6, 6.07) is 0. The minimum absolute atomic E-state index is 0.884.